The van der Waals surface area contributed by atoms with Gasteiger partial charge in [-0.05, 0) is 24.6 Å². The topological polar surface area (TPSA) is 83.2 Å². The number of hydrogen-bond acceptors (Lipinski definition) is 5. The molecular formula is C20H27N5O3. The quantitative estimate of drug-likeness (QED) is 0.605. The standard InChI is InChI=1S/C20H27N5O3/c1-3-13-28-18-16(6-4-8-22-18)15-23-20(21-2)25-11-9-24(10-12-25)19(26)17-7-5-14-27-17/h4-8,14H,3,9-13,15H2,1-2H3,(H,21,23). The van der Waals surface area contributed by atoms with Crippen LogP contribution < -0.4 is 10.1 Å². The summed E-state index contributed by atoms with van der Waals surface area (Å²) in [5, 5.41) is 3.38. The number of aliphatic imine (C=N–C) groups is 1. The molecule has 0 atom stereocenters. The van der Waals surface area contributed by atoms with E-state index in [1.54, 1.807) is 30.3 Å². The molecular weight excluding hydrogens is 358 g/mol. The van der Waals surface area contributed by atoms with Crippen molar-refractivity contribution >= 4 is 11.9 Å². The van der Waals surface area contributed by atoms with Crippen LogP contribution in [0.15, 0.2) is 46.1 Å². The van der Waals surface area contributed by atoms with E-state index >= 15 is 0 Å². The number of aromatic nitrogens is 1. The van der Waals surface area contributed by atoms with Crippen LogP contribution in [0.1, 0.15) is 29.5 Å². The Bertz CT molecular complexity index is 783. The van der Waals surface area contributed by atoms with E-state index in [1.807, 2.05) is 12.1 Å². The van der Waals surface area contributed by atoms with Gasteiger partial charge in [-0.3, -0.25) is 9.79 Å². The highest BCUT2D eigenvalue weighted by Crippen LogP contribution is 2.15. The fourth-order valence-corrected chi connectivity index (χ4v) is 3.07. The van der Waals surface area contributed by atoms with Gasteiger partial charge in [0.15, 0.2) is 11.7 Å². The van der Waals surface area contributed by atoms with Crippen molar-refractivity contribution in [1.82, 2.24) is 20.1 Å². The van der Waals surface area contributed by atoms with Crippen molar-refractivity contribution in [2.45, 2.75) is 19.9 Å². The minimum Gasteiger partial charge on any atom is -0.477 e. The van der Waals surface area contributed by atoms with E-state index in [9.17, 15) is 4.79 Å². The number of guanidine groups is 1. The average Bonchev–Trinajstić information content (AvgIpc) is 3.28. The minimum absolute atomic E-state index is 0.0688. The van der Waals surface area contributed by atoms with Crippen LogP contribution in [0.3, 0.4) is 0 Å². The monoisotopic (exact) mass is 385 g/mol. The number of carbonyl (C=O) groups is 1. The minimum atomic E-state index is -0.0688. The summed E-state index contributed by atoms with van der Waals surface area (Å²) in [4.78, 5) is 25.0. The SMILES string of the molecule is CCCOc1ncccc1CNC(=NC)N1CCN(C(=O)c2ccco2)CC1. The summed E-state index contributed by atoms with van der Waals surface area (Å²) in [5.74, 6) is 1.77. The zero-order valence-electron chi connectivity index (χ0n) is 16.4. The first-order chi connectivity index (χ1) is 13.7. The maximum Gasteiger partial charge on any atom is 0.289 e. The maximum atomic E-state index is 12.4. The van der Waals surface area contributed by atoms with Crippen LogP contribution in [0, 0.1) is 0 Å². The zero-order chi connectivity index (χ0) is 19.8. The van der Waals surface area contributed by atoms with E-state index in [-0.39, 0.29) is 5.91 Å². The van der Waals surface area contributed by atoms with Gasteiger partial charge in [-0.1, -0.05) is 13.0 Å². The summed E-state index contributed by atoms with van der Waals surface area (Å²) in [6.45, 7) is 5.95. The summed E-state index contributed by atoms with van der Waals surface area (Å²) in [7, 11) is 1.76. The van der Waals surface area contributed by atoms with Crippen molar-refractivity contribution in [3.8, 4) is 5.88 Å². The summed E-state index contributed by atoms with van der Waals surface area (Å²) in [5.41, 5.74) is 0.990. The fraction of sp³-hybridized carbons (Fsp3) is 0.450. The number of pyridine rings is 1. The normalized spacial score (nSPS) is 14.9. The smallest absolute Gasteiger partial charge is 0.289 e. The molecule has 1 N–H and O–H groups in total. The first-order valence-corrected chi connectivity index (χ1v) is 9.58. The number of carbonyl (C=O) groups excluding carboxylic acids is 1. The highest BCUT2D eigenvalue weighted by atomic mass is 16.5. The number of nitrogens with zero attached hydrogens (tertiary/aromatic N) is 4. The first kappa shape index (κ1) is 19.7. The third kappa shape index (κ3) is 4.82. The Morgan fingerprint density at radius 3 is 2.71 bits per heavy atom. The predicted octanol–water partition coefficient (Wildman–Crippen LogP) is 2.00. The second-order valence-electron chi connectivity index (χ2n) is 6.47. The number of furan rings is 1. The largest absolute Gasteiger partial charge is 0.477 e. The highest BCUT2D eigenvalue weighted by Gasteiger charge is 2.25. The van der Waals surface area contributed by atoms with E-state index in [0.717, 1.165) is 17.9 Å². The molecule has 0 aliphatic carbocycles. The molecule has 1 amide bonds. The third-order valence-corrected chi connectivity index (χ3v) is 4.54. The molecule has 0 aromatic carbocycles. The predicted molar refractivity (Wildman–Crippen MR) is 106 cm³/mol. The summed E-state index contributed by atoms with van der Waals surface area (Å²) < 4.78 is 10.9. The molecule has 8 nitrogen and oxygen atoms in total. The van der Waals surface area contributed by atoms with E-state index < -0.39 is 0 Å². The van der Waals surface area contributed by atoms with Crippen LogP contribution in [-0.4, -0.2) is 66.5 Å². The molecule has 1 saturated heterocycles. The zero-order valence-corrected chi connectivity index (χ0v) is 16.4. The van der Waals surface area contributed by atoms with Crippen LogP contribution >= 0.6 is 0 Å². The maximum absolute atomic E-state index is 12.4. The van der Waals surface area contributed by atoms with Crippen molar-refractivity contribution in [2.75, 3.05) is 39.8 Å². The Hall–Kier alpha value is -3.03. The van der Waals surface area contributed by atoms with Gasteiger partial charge < -0.3 is 24.3 Å². The Morgan fingerprint density at radius 2 is 2.04 bits per heavy atom. The molecule has 0 radical (unpaired) electrons. The molecule has 0 spiro atoms. The van der Waals surface area contributed by atoms with E-state index in [1.165, 1.54) is 6.26 Å². The van der Waals surface area contributed by atoms with Crippen molar-refractivity contribution < 1.29 is 13.9 Å². The second kappa shape index (κ2) is 9.77. The van der Waals surface area contributed by atoms with Gasteiger partial charge in [0.2, 0.25) is 5.88 Å². The number of amides is 1. The molecule has 0 saturated carbocycles. The Morgan fingerprint density at radius 1 is 1.25 bits per heavy atom. The van der Waals surface area contributed by atoms with Crippen LogP contribution in [0.25, 0.3) is 0 Å². The first-order valence-electron chi connectivity index (χ1n) is 9.58. The summed E-state index contributed by atoms with van der Waals surface area (Å²) >= 11 is 0. The fourth-order valence-electron chi connectivity index (χ4n) is 3.07. The molecule has 150 valence electrons. The number of hydrogen-bond donors (Lipinski definition) is 1. The average molecular weight is 385 g/mol. The Labute approximate surface area is 165 Å². The van der Waals surface area contributed by atoms with Crippen LogP contribution in [-0.2, 0) is 6.54 Å². The number of piperazine rings is 1. The third-order valence-electron chi connectivity index (χ3n) is 4.54. The molecule has 1 aliphatic heterocycles. The molecule has 28 heavy (non-hydrogen) atoms. The van der Waals surface area contributed by atoms with Crippen molar-refractivity contribution in [3.63, 3.8) is 0 Å². The lowest BCUT2D eigenvalue weighted by atomic mass is 10.2. The lowest BCUT2D eigenvalue weighted by Gasteiger charge is -2.36. The molecule has 2 aromatic rings. The summed E-state index contributed by atoms with van der Waals surface area (Å²) in [6, 6.07) is 7.32. The molecule has 3 rings (SSSR count). The van der Waals surface area contributed by atoms with Gasteiger partial charge in [-0.2, -0.15) is 0 Å². The molecule has 8 heteroatoms. The van der Waals surface area contributed by atoms with E-state index in [2.05, 4.69) is 27.1 Å². The molecule has 1 fully saturated rings. The summed E-state index contributed by atoms with van der Waals surface area (Å²) in [6.07, 6.45) is 4.19. The van der Waals surface area contributed by atoms with Gasteiger partial charge in [-0.15, -0.1) is 0 Å². The van der Waals surface area contributed by atoms with Crippen molar-refractivity contribution in [1.29, 1.82) is 0 Å². The second-order valence-corrected chi connectivity index (χ2v) is 6.47. The van der Waals surface area contributed by atoms with Crippen molar-refractivity contribution in [3.05, 3.63) is 48.0 Å². The molecule has 3 heterocycles. The van der Waals surface area contributed by atoms with Crippen molar-refractivity contribution in [2.24, 2.45) is 4.99 Å². The van der Waals surface area contributed by atoms with Gasteiger partial charge in [0.05, 0.1) is 12.9 Å². The van der Waals surface area contributed by atoms with Gasteiger partial charge in [0.1, 0.15) is 0 Å². The molecule has 0 unspecified atom stereocenters. The number of rotatable bonds is 6. The van der Waals surface area contributed by atoms with E-state index in [4.69, 9.17) is 9.15 Å². The Balaban J connectivity index is 1.54. The lowest BCUT2D eigenvalue weighted by molar-refractivity contribution is 0.0657. The lowest BCUT2D eigenvalue weighted by Crippen LogP contribution is -2.53. The van der Waals surface area contributed by atoms with Gasteiger partial charge in [-0.25, -0.2) is 4.98 Å². The highest BCUT2D eigenvalue weighted by molar-refractivity contribution is 5.91. The Kier molecular flexibility index (Phi) is 6.89. The van der Waals surface area contributed by atoms with Gasteiger partial charge in [0, 0.05) is 51.5 Å². The van der Waals surface area contributed by atoms with Gasteiger partial charge in [0.25, 0.3) is 5.91 Å². The van der Waals surface area contributed by atoms with Crippen LogP contribution in [0.5, 0.6) is 5.88 Å². The van der Waals surface area contributed by atoms with Gasteiger partial charge >= 0.3 is 0 Å². The molecule has 2 aromatic heterocycles. The molecule has 0 bridgehead atoms. The van der Waals surface area contributed by atoms with E-state index in [0.29, 0.717) is 51.0 Å². The molecule has 1 aliphatic rings. The van der Waals surface area contributed by atoms with Crippen LogP contribution in [0.2, 0.25) is 0 Å². The number of ether oxygens (including phenoxy) is 1. The number of nitrogens with one attached hydrogen (secondary N) is 1. The van der Waals surface area contributed by atoms with Crippen LogP contribution in [0.4, 0.5) is 0 Å².